The summed E-state index contributed by atoms with van der Waals surface area (Å²) in [7, 11) is 0. The largest absolute Gasteiger partial charge is 0.455 e. The number of carbonyl (C=O) groups excluding carboxylic acids is 3. The summed E-state index contributed by atoms with van der Waals surface area (Å²) in [5.41, 5.74) is 1.27. The van der Waals surface area contributed by atoms with Crippen LogP contribution in [0.25, 0.3) is 0 Å². The highest BCUT2D eigenvalue weighted by atomic mass is 16.6. The molecule has 7 rings (SSSR count). The highest BCUT2D eigenvalue weighted by Gasteiger charge is 2.70. The van der Waals surface area contributed by atoms with Gasteiger partial charge < -0.3 is 25.0 Å². The van der Waals surface area contributed by atoms with E-state index in [2.05, 4.69) is 18.5 Å². The van der Waals surface area contributed by atoms with Crippen molar-refractivity contribution in [2.45, 2.75) is 122 Å². The molecule has 1 aromatic carbocycles. The van der Waals surface area contributed by atoms with Crippen molar-refractivity contribution in [2.75, 3.05) is 5.32 Å². The van der Waals surface area contributed by atoms with E-state index in [0.717, 1.165) is 28.7 Å². The van der Waals surface area contributed by atoms with Gasteiger partial charge in [0, 0.05) is 24.3 Å². The monoisotopic (exact) mass is 643 g/mol. The van der Waals surface area contributed by atoms with E-state index in [1.807, 2.05) is 52.8 Å². The van der Waals surface area contributed by atoms with Gasteiger partial charge in [0.05, 0.1) is 28.4 Å². The third-order valence-corrected chi connectivity index (χ3v) is 13.5. The van der Waals surface area contributed by atoms with Crippen LogP contribution in [0.4, 0.5) is 5.69 Å². The number of esters is 1. The van der Waals surface area contributed by atoms with Gasteiger partial charge in [-0.1, -0.05) is 31.7 Å². The maximum Gasteiger partial charge on any atom is 0.303 e. The van der Waals surface area contributed by atoms with Crippen LogP contribution in [0.2, 0.25) is 0 Å². The lowest BCUT2D eigenvalue weighted by Gasteiger charge is -2.65. The molecule has 10 atom stereocenters. The van der Waals surface area contributed by atoms with Gasteiger partial charge >= 0.3 is 5.97 Å². The molecule has 3 N–H and O–H groups in total. The lowest BCUT2D eigenvalue weighted by molar-refractivity contribution is -0.212. The van der Waals surface area contributed by atoms with Gasteiger partial charge in [0.1, 0.15) is 6.10 Å². The van der Waals surface area contributed by atoms with Crippen LogP contribution < -0.4 is 5.32 Å². The van der Waals surface area contributed by atoms with Crippen LogP contribution in [0.3, 0.4) is 0 Å². The molecule has 0 bridgehead atoms. The van der Waals surface area contributed by atoms with Crippen molar-refractivity contribution in [1.82, 2.24) is 0 Å². The maximum absolute atomic E-state index is 14.8. The van der Waals surface area contributed by atoms with Crippen molar-refractivity contribution < 1.29 is 34.1 Å². The lowest BCUT2D eigenvalue weighted by atomic mass is 9.41. The number of carbonyl (C=O) groups is 3. The number of ketones is 1. The average molecular weight is 644 g/mol. The average Bonchev–Trinajstić information content (AvgIpc) is 2.94. The molecule has 47 heavy (non-hydrogen) atoms. The van der Waals surface area contributed by atoms with E-state index in [9.17, 15) is 24.6 Å². The minimum atomic E-state index is -1.42. The number of benzene rings is 1. The van der Waals surface area contributed by atoms with Gasteiger partial charge in [-0.15, -0.1) is 0 Å². The normalized spacial score (nSPS) is 40.7. The summed E-state index contributed by atoms with van der Waals surface area (Å²) in [6, 6.07) is 3.86. The Hall–Kier alpha value is -3.07. The minimum absolute atomic E-state index is 0.00268. The number of anilines is 1. The molecular formula is C39H49NO7. The zero-order valence-electron chi connectivity index (χ0n) is 28.6. The summed E-state index contributed by atoms with van der Waals surface area (Å²) >= 11 is 0. The molecule has 1 aromatic rings. The van der Waals surface area contributed by atoms with Crippen LogP contribution in [0.5, 0.6) is 0 Å². The van der Waals surface area contributed by atoms with Crippen LogP contribution in [0.1, 0.15) is 107 Å². The molecule has 1 amide bonds. The number of amides is 1. The Morgan fingerprint density at radius 1 is 1.15 bits per heavy atom. The Bertz CT molecular complexity index is 1650. The Morgan fingerprint density at radius 2 is 1.87 bits per heavy atom. The van der Waals surface area contributed by atoms with Crippen molar-refractivity contribution in [3.8, 4) is 0 Å². The molecule has 0 aromatic heterocycles. The number of hydrogen-bond acceptors (Lipinski definition) is 7. The molecule has 3 fully saturated rings. The molecule has 0 radical (unpaired) electrons. The second-order valence-electron chi connectivity index (χ2n) is 16.4. The Labute approximate surface area is 277 Å². The highest BCUT2D eigenvalue weighted by molar-refractivity contribution is 6.09. The van der Waals surface area contributed by atoms with Gasteiger partial charge in [-0.05, 0) is 124 Å². The molecule has 2 heterocycles. The number of Topliss-reactive ketones (excluding diaryl/α,β-unsaturated/α-hetero) is 1. The molecular weight excluding hydrogens is 594 g/mol. The smallest absolute Gasteiger partial charge is 0.303 e. The van der Waals surface area contributed by atoms with E-state index in [1.165, 1.54) is 6.92 Å². The molecule has 8 nitrogen and oxygen atoms in total. The summed E-state index contributed by atoms with van der Waals surface area (Å²) in [5, 5.41) is 27.1. The van der Waals surface area contributed by atoms with Gasteiger partial charge in [-0.3, -0.25) is 14.4 Å². The van der Waals surface area contributed by atoms with E-state index in [1.54, 1.807) is 0 Å². The predicted octanol–water partition coefficient (Wildman–Crippen LogP) is 5.96. The van der Waals surface area contributed by atoms with E-state index in [-0.39, 0.29) is 41.8 Å². The van der Waals surface area contributed by atoms with Crippen molar-refractivity contribution in [1.29, 1.82) is 0 Å². The zero-order chi connectivity index (χ0) is 34.0. The second-order valence-corrected chi connectivity index (χ2v) is 16.4. The fraction of sp³-hybridized carbons (Fsp3) is 0.615. The summed E-state index contributed by atoms with van der Waals surface area (Å²) in [6.07, 6.45) is 3.79. The van der Waals surface area contributed by atoms with Crippen LogP contribution in [-0.2, 0) is 25.5 Å². The fourth-order valence-electron chi connectivity index (χ4n) is 10.7. The van der Waals surface area contributed by atoms with Crippen LogP contribution in [-0.4, -0.2) is 57.4 Å². The van der Waals surface area contributed by atoms with Crippen molar-refractivity contribution in [3.05, 3.63) is 64.8 Å². The number of rotatable bonds is 3. The standard InChI is InChI=1S/C39H49NO7/c1-19(2)34-30(46-21(4)41)18-25-29(47-34)12-13-37(7)38(8)23(11-14-39(25,37)45)16-28(42)33-27(40-35(38)43)10-9-22-15-20(3)24-17-26(36(5,6)44)32(24)31(22)33/h9-10,18,23-24,26,29-30,32,34,44-45H,1,3,11-17H2,2,4-8H3,(H,40,43). The third kappa shape index (κ3) is 4.39. The van der Waals surface area contributed by atoms with Gasteiger partial charge in [0.2, 0.25) is 5.91 Å². The summed E-state index contributed by atoms with van der Waals surface area (Å²) in [6.45, 7) is 19.2. The molecule has 252 valence electrons. The first-order chi connectivity index (χ1) is 21.9. The number of fused-ring (bicyclic) bond motifs is 10. The Morgan fingerprint density at radius 3 is 2.53 bits per heavy atom. The van der Waals surface area contributed by atoms with Gasteiger partial charge in [0.15, 0.2) is 11.9 Å². The molecule has 2 aliphatic heterocycles. The SMILES string of the molecule is C=C1Cc2ccc3c(c2C2C1CC2C(C)(C)O)C(=O)CC1CCC2(O)C4=CC(OC(C)=O)C(C(=C)C)OC4CCC2(C)C1(C)C(=O)N3. The number of nitrogens with one attached hydrogen (secondary N) is 1. The Balaban J connectivity index is 1.31. The number of ether oxygens (including phenoxy) is 2. The van der Waals surface area contributed by atoms with Gasteiger partial charge in [-0.25, -0.2) is 0 Å². The first-order valence-electron chi connectivity index (χ1n) is 17.3. The second kappa shape index (κ2) is 10.5. The quantitative estimate of drug-likeness (QED) is 0.274. The Kier molecular flexibility index (Phi) is 7.23. The predicted molar refractivity (Wildman–Crippen MR) is 178 cm³/mol. The van der Waals surface area contributed by atoms with E-state index < -0.39 is 46.3 Å². The maximum atomic E-state index is 14.8. The molecule has 3 saturated carbocycles. The van der Waals surface area contributed by atoms with Crippen LogP contribution in [0, 0.1) is 28.6 Å². The zero-order valence-corrected chi connectivity index (χ0v) is 28.6. The number of allylic oxidation sites excluding steroid dienone is 1. The molecule has 8 heteroatoms. The number of hydrogen-bond donors (Lipinski definition) is 3. The first kappa shape index (κ1) is 32.5. The molecule has 0 spiro atoms. The van der Waals surface area contributed by atoms with Gasteiger partial charge in [0.25, 0.3) is 0 Å². The van der Waals surface area contributed by atoms with E-state index in [0.29, 0.717) is 48.9 Å². The molecule has 0 saturated heterocycles. The highest BCUT2D eigenvalue weighted by Crippen LogP contribution is 2.68. The molecule has 4 aliphatic carbocycles. The van der Waals surface area contributed by atoms with Crippen molar-refractivity contribution in [2.24, 2.45) is 28.6 Å². The summed E-state index contributed by atoms with van der Waals surface area (Å²) in [4.78, 5) is 41.4. The van der Waals surface area contributed by atoms with Crippen LogP contribution in [0.15, 0.2) is 48.1 Å². The summed E-state index contributed by atoms with van der Waals surface area (Å²) < 4.78 is 12.1. The van der Waals surface area contributed by atoms with Gasteiger partial charge in [-0.2, -0.15) is 0 Å². The lowest BCUT2D eigenvalue weighted by Crippen LogP contribution is -2.70. The molecule has 6 aliphatic rings. The summed E-state index contributed by atoms with van der Waals surface area (Å²) in [5.74, 6) is -0.792. The minimum Gasteiger partial charge on any atom is -0.455 e. The first-order valence-corrected chi connectivity index (χ1v) is 17.3. The van der Waals surface area contributed by atoms with E-state index >= 15 is 0 Å². The fourth-order valence-corrected chi connectivity index (χ4v) is 10.7. The molecule has 10 unspecified atom stereocenters. The van der Waals surface area contributed by atoms with Crippen molar-refractivity contribution >= 4 is 23.3 Å². The topological polar surface area (TPSA) is 122 Å². The number of aliphatic hydroxyl groups is 2. The third-order valence-electron chi connectivity index (χ3n) is 13.5. The van der Waals surface area contributed by atoms with Crippen molar-refractivity contribution in [3.63, 3.8) is 0 Å². The van der Waals surface area contributed by atoms with E-state index in [4.69, 9.17) is 9.47 Å². The van der Waals surface area contributed by atoms with Crippen LogP contribution >= 0.6 is 0 Å².